The van der Waals surface area contributed by atoms with E-state index in [9.17, 15) is 9.59 Å². The molecule has 0 saturated carbocycles. The maximum absolute atomic E-state index is 13.3. The van der Waals surface area contributed by atoms with E-state index in [1.54, 1.807) is 17.9 Å². The molecule has 5 heteroatoms. The Hall–Kier alpha value is -2.85. The van der Waals surface area contributed by atoms with Gasteiger partial charge in [-0.2, -0.15) is 0 Å². The van der Waals surface area contributed by atoms with Crippen LogP contribution in [0.4, 0.5) is 0 Å². The normalized spacial score (nSPS) is 11.8. The van der Waals surface area contributed by atoms with Crippen LogP contribution in [0.5, 0.6) is 0 Å². The number of amides is 2. The molecule has 1 N–H and O–H groups in total. The smallest absolute Gasteiger partial charge is 0.242 e. The second-order valence-electron chi connectivity index (χ2n) is 7.72. The number of nitrogens with one attached hydrogen (secondary N) is 1. The zero-order chi connectivity index (χ0) is 22.2. The molecule has 2 amide bonds. The Kier molecular flexibility index (Phi) is 8.07. The molecule has 0 heterocycles. The number of nitrogens with zero attached hydrogens (tertiary/aromatic N) is 1. The summed E-state index contributed by atoms with van der Waals surface area (Å²) < 4.78 is 0. The lowest BCUT2D eigenvalue weighted by Gasteiger charge is -2.29. The van der Waals surface area contributed by atoms with Gasteiger partial charge in [-0.1, -0.05) is 79.2 Å². The highest BCUT2D eigenvalue weighted by atomic mass is 35.5. The van der Waals surface area contributed by atoms with Crippen molar-refractivity contribution in [2.45, 2.75) is 45.7 Å². The maximum atomic E-state index is 13.3. The Morgan fingerprint density at radius 3 is 2.42 bits per heavy atom. The van der Waals surface area contributed by atoms with Crippen molar-refractivity contribution in [2.75, 3.05) is 6.54 Å². The number of carbonyl (C=O) groups excluding carboxylic acids is 2. The molecule has 0 bridgehead atoms. The lowest BCUT2D eigenvalue weighted by atomic mass is 10.0. The molecule has 31 heavy (non-hydrogen) atoms. The van der Waals surface area contributed by atoms with E-state index in [0.717, 1.165) is 28.3 Å². The van der Waals surface area contributed by atoms with Crippen molar-refractivity contribution in [3.8, 4) is 0 Å². The van der Waals surface area contributed by atoms with Crippen LogP contribution in [0.15, 0.2) is 66.7 Å². The molecule has 3 rings (SSSR count). The van der Waals surface area contributed by atoms with Crippen LogP contribution in [0.25, 0.3) is 10.8 Å². The summed E-state index contributed by atoms with van der Waals surface area (Å²) in [6.07, 6.45) is 1.78. The van der Waals surface area contributed by atoms with E-state index >= 15 is 0 Å². The number of aryl methyl sites for hydroxylation is 1. The Morgan fingerprint density at radius 2 is 1.65 bits per heavy atom. The predicted molar refractivity (Wildman–Crippen MR) is 127 cm³/mol. The molecule has 0 radical (unpaired) electrons. The molecule has 162 valence electrons. The maximum Gasteiger partial charge on any atom is 0.242 e. The average molecular weight is 437 g/mol. The van der Waals surface area contributed by atoms with Crippen LogP contribution < -0.4 is 5.32 Å². The topological polar surface area (TPSA) is 49.4 Å². The number of rotatable bonds is 9. The van der Waals surface area contributed by atoms with Gasteiger partial charge in [0.15, 0.2) is 0 Å². The molecular formula is C26H29ClN2O2. The lowest BCUT2D eigenvalue weighted by Crippen LogP contribution is -2.47. The monoisotopic (exact) mass is 436 g/mol. The van der Waals surface area contributed by atoms with Gasteiger partial charge in [0.05, 0.1) is 0 Å². The van der Waals surface area contributed by atoms with Gasteiger partial charge in [0.2, 0.25) is 11.8 Å². The Bertz CT molecular complexity index is 1050. The van der Waals surface area contributed by atoms with E-state index in [1.807, 2.05) is 43.3 Å². The van der Waals surface area contributed by atoms with Crippen LogP contribution in [-0.2, 0) is 22.6 Å². The van der Waals surface area contributed by atoms with Gasteiger partial charge in [-0.05, 0) is 47.7 Å². The van der Waals surface area contributed by atoms with Gasteiger partial charge in [0.25, 0.3) is 0 Å². The third kappa shape index (κ3) is 5.86. The summed E-state index contributed by atoms with van der Waals surface area (Å²) in [6.45, 7) is 4.67. The summed E-state index contributed by atoms with van der Waals surface area (Å²) >= 11 is 6.34. The van der Waals surface area contributed by atoms with E-state index < -0.39 is 6.04 Å². The molecule has 0 aliphatic heterocycles. The minimum Gasteiger partial charge on any atom is -0.354 e. The molecule has 0 spiro atoms. The number of hydrogen-bond donors (Lipinski definition) is 1. The standard InChI is InChI=1S/C26H29ClN2O2/c1-3-17-28-26(31)19(2)29(18-22-10-5-7-14-24(22)27)25(30)16-15-21-12-8-11-20-9-4-6-13-23(20)21/h4-14,19H,3,15-18H2,1-2H3,(H,28,31). The first kappa shape index (κ1) is 22.8. The van der Waals surface area contributed by atoms with Crippen LogP contribution in [0, 0.1) is 0 Å². The third-order valence-electron chi connectivity index (χ3n) is 5.50. The van der Waals surface area contributed by atoms with Crippen molar-refractivity contribution in [1.29, 1.82) is 0 Å². The quantitative estimate of drug-likeness (QED) is 0.490. The van der Waals surface area contributed by atoms with Gasteiger partial charge in [-0.25, -0.2) is 0 Å². The van der Waals surface area contributed by atoms with E-state index in [2.05, 4.69) is 29.6 Å². The molecule has 0 fully saturated rings. The molecule has 0 saturated heterocycles. The summed E-state index contributed by atoms with van der Waals surface area (Å²) in [4.78, 5) is 27.6. The van der Waals surface area contributed by atoms with E-state index in [0.29, 0.717) is 31.0 Å². The summed E-state index contributed by atoms with van der Waals surface area (Å²) in [5.41, 5.74) is 1.96. The second-order valence-corrected chi connectivity index (χ2v) is 8.13. The fraction of sp³-hybridized carbons (Fsp3) is 0.308. The fourth-order valence-corrected chi connectivity index (χ4v) is 3.88. The van der Waals surface area contributed by atoms with Gasteiger partial charge in [0, 0.05) is 24.5 Å². The van der Waals surface area contributed by atoms with Gasteiger partial charge < -0.3 is 10.2 Å². The highest BCUT2D eigenvalue weighted by Gasteiger charge is 2.26. The molecule has 0 aliphatic rings. The first-order chi connectivity index (χ1) is 15.0. The Balaban J connectivity index is 1.79. The third-order valence-corrected chi connectivity index (χ3v) is 5.87. The van der Waals surface area contributed by atoms with Crippen LogP contribution >= 0.6 is 11.6 Å². The first-order valence-electron chi connectivity index (χ1n) is 10.8. The molecule has 1 atom stereocenters. The fourth-order valence-electron chi connectivity index (χ4n) is 3.68. The van der Waals surface area contributed by atoms with E-state index in [1.165, 1.54) is 0 Å². The first-order valence-corrected chi connectivity index (χ1v) is 11.2. The van der Waals surface area contributed by atoms with Gasteiger partial charge in [-0.3, -0.25) is 9.59 Å². The van der Waals surface area contributed by atoms with Crippen molar-refractivity contribution in [2.24, 2.45) is 0 Å². The molecule has 4 nitrogen and oxygen atoms in total. The van der Waals surface area contributed by atoms with Crippen molar-refractivity contribution in [1.82, 2.24) is 10.2 Å². The van der Waals surface area contributed by atoms with Crippen molar-refractivity contribution in [3.05, 3.63) is 82.9 Å². The average Bonchev–Trinajstić information content (AvgIpc) is 2.80. The lowest BCUT2D eigenvalue weighted by molar-refractivity contribution is -0.140. The predicted octanol–water partition coefficient (Wildman–Crippen LogP) is 5.37. The Labute approximate surface area is 189 Å². The van der Waals surface area contributed by atoms with E-state index in [4.69, 9.17) is 11.6 Å². The zero-order valence-corrected chi connectivity index (χ0v) is 18.9. The molecule has 0 aromatic heterocycles. The van der Waals surface area contributed by atoms with Crippen LogP contribution in [0.1, 0.15) is 37.8 Å². The van der Waals surface area contributed by atoms with Gasteiger partial charge >= 0.3 is 0 Å². The van der Waals surface area contributed by atoms with Crippen LogP contribution in [0.3, 0.4) is 0 Å². The molecular weight excluding hydrogens is 408 g/mol. The summed E-state index contributed by atoms with van der Waals surface area (Å²) in [7, 11) is 0. The van der Waals surface area contributed by atoms with Crippen molar-refractivity contribution < 1.29 is 9.59 Å². The van der Waals surface area contributed by atoms with Gasteiger partial charge in [-0.15, -0.1) is 0 Å². The van der Waals surface area contributed by atoms with Crippen molar-refractivity contribution in [3.63, 3.8) is 0 Å². The number of hydrogen-bond acceptors (Lipinski definition) is 2. The summed E-state index contributed by atoms with van der Waals surface area (Å²) in [5, 5.41) is 5.81. The van der Waals surface area contributed by atoms with Crippen LogP contribution in [-0.4, -0.2) is 29.3 Å². The number of halogens is 1. The molecule has 3 aromatic carbocycles. The molecule has 3 aromatic rings. The number of benzene rings is 3. The minimum atomic E-state index is -0.581. The van der Waals surface area contributed by atoms with Gasteiger partial charge in [0.1, 0.15) is 6.04 Å². The highest BCUT2D eigenvalue weighted by Crippen LogP contribution is 2.22. The van der Waals surface area contributed by atoms with Crippen LogP contribution in [0.2, 0.25) is 5.02 Å². The Morgan fingerprint density at radius 1 is 0.968 bits per heavy atom. The molecule has 0 aliphatic carbocycles. The molecule has 1 unspecified atom stereocenters. The number of carbonyl (C=O) groups is 2. The number of fused-ring (bicyclic) bond motifs is 1. The zero-order valence-electron chi connectivity index (χ0n) is 18.1. The van der Waals surface area contributed by atoms with E-state index in [-0.39, 0.29) is 11.8 Å². The summed E-state index contributed by atoms with van der Waals surface area (Å²) in [6, 6.07) is 21.2. The minimum absolute atomic E-state index is 0.0630. The second kappa shape index (κ2) is 11.0. The SMILES string of the molecule is CCCNC(=O)C(C)N(Cc1ccccc1Cl)C(=O)CCc1cccc2ccccc12. The largest absolute Gasteiger partial charge is 0.354 e. The van der Waals surface area contributed by atoms with Crippen molar-refractivity contribution >= 4 is 34.2 Å². The summed E-state index contributed by atoms with van der Waals surface area (Å²) in [5.74, 6) is -0.209. The highest BCUT2D eigenvalue weighted by molar-refractivity contribution is 6.31.